The molecule has 1 aromatic rings. The highest BCUT2D eigenvalue weighted by molar-refractivity contribution is 5.84. The number of carbonyl (C=O) groups is 1. The van der Waals surface area contributed by atoms with E-state index in [9.17, 15) is 4.79 Å². The van der Waals surface area contributed by atoms with Crippen molar-refractivity contribution >= 4 is 5.91 Å². The minimum absolute atomic E-state index is 0.0359. The third-order valence-corrected chi connectivity index (χ3v) is 3.36. The maximum Gasteiger partial charge on any atom is 0.227 e. The molecule has 1 amide bonds. The van der Waals surface area contributed by atoms with Gasteiger partial charge in [0.25, 0.3) is 0 Å². The van der Waals surface area contributed by atoms with E-state index < -0.39 is 0 Å². The molecule has 0 heterocycles. The number of hydrogen-bond acceptors (Lipinski definition) is 2. The van der Waals surface area contributed by atoms with Crippen molar-refractivity contribution < 1.29 is 9.53 Å². The molecular formula is C15H21NO2. The summed E-state index contributed by atoms with van der Waals surface area (Å²) in [5.41, 5.74) is 1.14. The van der Waals surface area contributed by atoms with Crippen molar-refractivity contribution in [2.24, 2.45) is 5.92 Å². The van der Waals surface area contributed by atoms with Gasteiger partial charge in [0.15, 0.2) is 0 Å². The van der Waals surface area contributed by atoms with Crippen LogP contribution >= 0.6 is 0 Å². The van der Waals surface area contributed by atoms with Gasteiger partial charge in [-0.15, -0.1) is 0 Å². The molecule has 1 N–H and O–H groups in total. The Morgan fingerprint density at radius 2 is 2.11 bits per heavy atom. The summed E-state index contributed by atoms with van der Waals surface area (Å²) >= 11 is 0. The topological polar surface area (TPSA) is 38.3 Å². The van der Waals surface area contributed by atoms with Crippen molar-refractivity contribution in [2.75, 3.05) is 20.3 Å². The molecular weight excluding hydrogens is 226 g/mol. The molecule has 1 unspecified atom stereocenters. The molecule has 0 radical (unpaired) electrons. The zero-order chi connectivity index (χ0) is 12.8. The fraction of sp³-hybridized carbons (Fsp3) is 0.533. The lowest BCUT2D eigenvalue weighted by Gasteiger charge is -2.16. The SMILES string of the molecule is COCCCNC(=O)C(c1ccccc1)C1CC1. The van der Waals surface area contributed by atoms with Crippen molar-refractivity contribution in [3.05, 3.63) is 35.9 Å². The van der Waals surface area contributed by atoms with Gasteiger partial charge in [-0.1, -0.05) is 30.3 Å². The van der Waals surface area contributed by atoms with Gasteiger partial charge < -0.3 is 10.1 Å². The highest BCUT2D eigenvalue weighted by Crippen LogP contribution is 2.42. The Bertz CT molecular complexity index is 373. The summed E-state index contributed by atoms with van der Waals surface area (Å²) in [6, 6.07) is 10.1. The molecule has 98 valence electrons. The third-order valence-electron chi connectivity index (χ3n) is 3.36. The normalized spacial score (nSPS) is 16.3. The molecule has 1 fully saturated rings. The largest absolute Gasteiger partial charge is 0.385 e. The summed E-state index contributed by atoms with van der Waals surface area (Å²) in [5.74, 6) is 0.739. The van der Waals surface area contributed by atoms with Crippen LogP contribution in [0.25, 0.3) is 0 Å². The lowest BCUT2D eigenvalue weighted by Crippen LogP contribution is -2.31. The monoisotopic (exact) mass is 247 g/mol. The molecule has 3 nitrogen and oxygen atoms in total. The van der Waals surface area contributed by atoms with Crippen LogP contribution in [-0.2, 0) is 9.53 Å². The van der Waals surface area contributed by atoms with Crippen LogP contribution in [0.3, 0.4) is 0 Å². The maximum absolute atomic E-state index is 12.2. The molecule has 1 aliphatic rings. The van der Waals surface area contributed by atoms with Gasteiger partial charge in [0, 0.05) is 20.3 Å². The van der Waals surface area contributed by atoms with Crippen LogP contribution in [0.15, 0.2) is 30.3 Å². The number of ether oxygens (including phenoxy) is 1. The summed E-state index contributed by atoms with van der Waals surface area (Å²) < 4.78 is 4.98. The molecule has 18 heavy (non-hydrogen) atoms. The molecule has 0 aromatic heterocycles. The van der Waals surface area contributed by atoms with E-state index >= 15 is 0 Å². The number of hydrogen-bond donors (Lipinski definition) is 1. The van der Waals surface area contributed by atoms with E-state index in [2.05, 4.69) is 17.4 Å². The Morgan fingerprint density at radius 1 is 1.39 bits per heavy atom. The number of amides is 1. The van der Waals surface area contributed by atoms with Gasteiger partial charge >= 0.3 is 0 Å². The molecule has 1 saturated carbocycles. The van der Waals surface area contributed by atoms with Crippen molar-refractivity contribution in [3.63, 3.8) is 0 Å². The number of benzene rings is 1. The molecule has 0 aliphatic heterocycles. The van der Waals surface area contributed by atoms with Gasteiger partial charge in [-0.3, -0.25) is 4.79 Å². The van der Waals surface area contributed by atoms with Crippen molar-refractivity contribution in [2.45, 2.75) is 25.2 Å². The minimum Gasteiger partial charge on any atom is -0.385 e. The average Bonchev–Trinajstić information content (AvgIpc) is 3.21. The standard InChI is InChI=1S/C15H21NO2/c1-18-11-5-10-16-15(17)14(13-8-9-13)12-6-3-2-4-7-12/h2-4,6-7,13-14H,5,8-11H2,1H3,(H,16,17). The lowest BCUT2D eigenvalue weighted by atomic mass is 9.93. The predicted molar refractivity (Wildman–Crippen MR) is 71.4 cm³/mol. The second-order valence-electron chi connectivity index (χ2n) is 4.86. The second kappa shape index (κ2) is 6.55. The van der Waals surface area contributed by atoms with Crippen LogP contribution in [0.5, 0.6) is 0 Å². The maximum atomic E-state index is 12.2. The van der Waals surface area contributed by atoms with Gasteiger partial charge in [0.1, 0.15) is 0 Å². The first-order chi connectivity index (χ1) is 8.83. The van der Waals surface area contributed by atoms with E-state index in [1.165, 1.54) is 12.8 Å². The van der Waals surface area contributed by atoms with E-state index in [1.807, 2.05) is 18.2 Å². The molecule has 0 spiro atoms. The Labute approximate surface area is 109 Å². The zero-order valence-electron chi connectivity index (χ0n) is 10.9. The number of carbonyl (C=O) groups excluding carboxylic acids is 1. The highest BCUT2D eigenvalue weighted by atomic mass is 16.5. The number of methoxy groups -OCH3 is 1. The van der Waals surface area contributed by atoms with E-state index in [-0.39, 0.29) is 11.8 Å². The summed E-state index contributed by atoms with van der Waals surface area (Å²) in [4.78, 5) is 12.2. The first-order valence-electron chi connectivity index (χ1n) is 6.64. The minimum atomic E-state index is 0.0359. The van der Waals surface area contributed by atoms with Crippen LogP contribution < -0.4 is 5.32 Å². The first-order valence-corrected chi connectivity index (χ1v) is 6.64. The van der Waals surface area contributed by atoms with Crippen molar-refractivity contribution in [1.29, 1.82) is 0 Å². The Kier molecular flexibility index (Phi) is 4.76. The van der Waals surface area contributed by atoms with E-state index in [1.54, 1.807) is 7.11 Å². The molecule has 3 heteroatoms. The van der Waals surface area contributed by atoms with Crippen LogP contribution in [0.2, 0.25) is 0 Å². The molecule has 1 atom stereocenters. The summed E-state index contributed by atoms with van der Waals surface area (Å²) in [5, 5.41) is 3.02. The summed E-state index contributed by atoms with van der Waals surface area (Å²) in [7, 11) is 1.68. The molecule has 1 aliphatic carbocycles. The Hall–Kier alpha value is -1.35. The average molecular weight is 247 g/mol. The third kappa shape index (κ3) is 3.57. The van der Waals surface area contributed by atoms with E-state index in [4.69, 9.17) is 4.74 Å². The Balaban J connectivity index is 1.92. The van der Waals surface area contributed by atoms with Crippen molar-refractivity contribution in [3.8, 4) is 0 Å². The van der Waals surface area contributed by atoms with Crippen molar-refractivity contribution in [1.82, 2.24) is 5.32 Å². The van der Waals surface area contributed by atoms with Gasteiger partial charge in [-0.05, 0) is 30.7 Å². The number of rotatable bonds is 7. The predicted octanol–water partition coefficient (Wildman–Crippen LogP) is 2.33. The van der Waals surface area contributed by atoms with Gasteiger partial charge in [-0.25, -0.2) is 0 Å². The fourth-order valence-corrected chi connectivity index (χ4v) is 2.27. The molecule has 2 rings (SSSR count). The van der Waals surface area contributed by atoms with E-state index in [0.29, 0.717) is 19.1 Å². The first kappa shape index (κ1) is 13.1. The lowest BCUT2D eigenvalue weighted by molar-refractivity contribution is -0.123. The van der Waals surface area contributed by atoms with E-state index in [0.717, 1.165) is 12.0 Å². The number of nitrogens with one attached hydrogen (secondary N) is 1. The smallest absolute Gasteiger partial charge is 0.227 e. The fourth-order valence-electron chi connectivity index (χ4n) is 2.27. The summed E-state index contributed by atoms with van der Waals surface area (Å²) in [6.45, 7) is 1.39. The van der Waals surface area contributed by atoms with Crippen LogP contribution in [0.4, 0.5) is 0 Å². The van der Waals surface area contributed by atoms with Gasteiger partial charge in [-0.2, -0.15) is 0 Å². The van der Waals surface area contributed by atoms with Crippen LogP contribution in [0, 0.1) is 5.92 Å². The van der Waals surface area contributed by atoms with Gasteiger partial charge in [0.05, 0.1) is 5.92 Å². The summed E-state index contributed by atoms with van der Waals surface area (Å²) in [6.07, 6.45) is 3.21. The second-order valence-corrected chi connectivity index (χ2v) is 4.86. The van der Waals surface area contributed by atoms with Gasteiger partial charge in [0.2, 0.25) is 5.91 Å². The highest BCUT2D eigenvalue weighted by Gasteiger charge is 2.36. The van der Waals surface area contributed by atoms with Crippen LogP contribution in [0.1, 0.15) is 30.7 Å². The Morgan fingerprint density at radius 3 is 2.72 bits per heavy atom. The molecule has 0 bridgehead atoms. The van der Waals surface area contributed by atoms with Crippen LogP contribution in [-0.4, -0.2) is 26.2 Å². The molecule has 1 aromatic carbocycles. The molecule has 0 saturated heterocycles. The zero-order valence-corrected chi connectivity index (χ0v) is 10.9. The quantitative estimate of drug-likeness (QED) is 0.751.